The lowest BCUT2D eigenvalue weighted by atomic mass is 9.82. The molecular formula is C16H27BN2O4. The molecule has 1 fully saturated rings. The monoisotopic (exact) mass is 322 g/mol. The molecule has 0 spiro atoms. The van der Waals surface area contributed by atoms with Crippen LogP contribution in [0, 0.1) is 5.41 Å². The van der Waals surface area contributed by atoms with E-state index in [-0.39, 0.29) is 17.2 Å². The fourth-order valence-corrected chi connectivity index (χ4v) is 2.36. The molecule has 1 aromatic rings. The third kappa shape index (κ3) is 3.61. The summed E-state index contributed by atoms with van der Waals surface area (Å²) in [5, 5.41) is 4.33. The van der Waals surface area contributed by atoms with E-state index in [2.05, 4.69) is 5.10 Å². The van der Waals surface area contributed by atoms with E-state index in [0.717, 1.165) is 5.46 Å². The van der Waals surface area contributed by atoms with Crippen LogP contribution in [-0.4, -0.2) is 40.7 Å². The van der Waals surface area contributed by atoms with Crippen LogP contribution in [0.25, 0.3) is 0 Å². The van der Waals surface area contributed by atoms with Gasteiger partial charge in [-0.15, -0.1) is 0 Å². The Morgan fingerprint density at radius 3 is 2.39 bits per heavy atom. The normalized spacial score (nSPS) is 19.9. The molecule has 6 nitrogen and oxygen atoms in total. The Morgan fingerprint density at radius 2 is 1.87 bits per heavy atom. The molecule has 0 N–H and O–H groups in total. The molecule has 0 aliphatic carbocycles. The zero-order chi connectivity index (χ0) is 17.5. The highest BCUT2D eigenvalue weighted by atomic mass is 16.7. The minimum absolute atomic E-state index is 0.229. The Kier molecular flexibility index (Phi) is 4.65. The van der Waals surface area contributed by atoms with E-state index >= 15 is 0 Å². The topological polar surface area (TPSA) is 62.6 Å². The van der Waals surface area contributed by atoms with Crippen LogP contribution in [0.1, 0.15) is 48.5 Å². The number of hydrogen-bond donors (Lipinski definition) is 0. The summed E-state index contributed by atoms with van der Waals surface area (Å²) in [4.78, 5) is 12.0. The summed E-state index contributed by atoms with van der Waals surface area (Å²) in [6.45, 7) is 14.4. The van der Waals surface area contributed by atoms with E-state index < -0.39 is 12.5 Å². The van der Waals surface area contributed by atoms with Crippen LogP contribution in [0.5, 0.6) is 0 Å². The Bertz CT molecular complexity index is 564. The number of aromatic nitrogens is 2. The van der Waals surface area contributed by atoms with E-state index in [1.807, 2.05) is 47.7 Å². The fraction of sp³-hybridized carbons (Fsp3) is 0.750. The highest BCUT2D eigenvalue weighted by molar-refractivity contribution is 6.61. The van der Waals surface area contributed by atoms with Crippen molar-refractivity contribution in [2.45, 2.75) is 66.2 Å². The van der Waals surface area contributed by atoms with Gasteiger partial charge >= 0.3 is 13.1 Å². The van der Waals surface area contributed by atoms with Crippen LogP contribution in [0.15, 0.2) is 12.4 Å². The predicted molar refractivity (Wildman–Crippen MR) is 88.4 cm³/mol. The highest BCUT2D eigenvalue weighted by Gasteiger charge is 2.52. The fourth-order valence-electron chi connectivity index (χ4n) is 2.36. The highest BCUT2D eigenvalue weighted by Crippen LogP contribution is 2.36. The van der Waals surface area contributed by atoms with Crippen molar-refractivity contribution in [1.29, 1.82) is 0 Å². The molecule has 1 aromatic heterocycles. The maximum atomic E-state index is 12.0. The number of nitrogens with zero attached hydrogens (tertiary/aromatic N) is 2. The molecule has 1 saturated heterocycles. The van der Waals surface area contributed by atoms with Gasteiger partial charge in [0.2, 0.25) is 0 Å². The summed E-state index contributed by atoms with van der Waals surface area (Å²) in [6.07, 6.45) is 3.59. The van der Waals surface area contributed by atoms with Crippen molar-refractivity contribution in [2.75, 3.05) is 6.61 Å². The molecule has 128 valence electrons. The van der Waals surface area contributed by atoms with E-state index in [0.29, 0.717) is 13.2 Å². The van der Waals surface area contributed by atoms with Crippen LogP contribution in [-0.2, 0) is 25.4 Å². The zero-order valence-electron chi connectivity index (χ0n) is 15.2. The van der Waals surface area contributed by atoms with E-state index in [1.54, 1.807) is 17.8 Å². The lowest BCUT2D eigenvalue weighted by Gasteiger charge is -2.32. The largest absolute Gasteiger partial charge is 0.498 e. The van der Waals surface area contributed by atoms with Gasteiger partial charge in [-0.3, -0.25) is 9.48 Å². The van der Waals surface area contributed by atoms with Crippen molar-refractivity contribution in [3.05, 3.63) is 12.4 Å². The molecule has 0 atom stereocenters. The Balaban J connectivity index is 2.09. The summed E-state index contributed by atoms with van der Waals surface area (Å²) >= 11 is 0. The minimum Gasteiger partial charge on any atom is -0.466 e. The SMILES string of the molecule is CCOC(=O)C(C)(C)Cn1cc(B2OC(C)(C)C(C)(C)O2)cn1. The molecule has 23 heavy (non-hydrogen) atoms. The number of carbonyl (C=O) groups is 1. The molecule has 7 heteroatoms. The Labute approximate surface area is 138 Å². The van der Waals surface area contributed by atoms with Crippen LogP contribution < -0.4 is 5.46 Å². The van der Waals surface area contributed by atoms with Crippen molar-refractivity contribution in [2.24, 2.45) is 5.41 Å². The molecule has 2 heterocycles. The average Bonchev–Trinajstić information content (AvgIpc) is 2.92. The van der Waals surface area contributed by atoms with Crippen LogP contribution >= 0.6 is 0 Å². The average molecular weight is 322 g/mol. The summed E-state index contributed by atoms with van der Waals surface area (Å²) in [5.41, 5.74) is -0.563. The molecular weight excluding hydrogens is 295 g/mol. The van der Waals surface area contributed by atoms with Gasteiger partial charge in [0.25, 0.3) is 0 Å². The first-order valence-corrected chi connectivity index (χ1v) is 8.04. The van der Waals surface area contributed by atoms with Gasteiger partial charge in [-0.1, -0.05) is 0 Å². The third-order valence-corrected chi connectivity index (χ3v) is 4.56. The minimum atomic E-state index is -0.644. The molecule has 1 aliphatic rings. The van der Waals surface area contributed by atoms with Gasteiger partial charge in [-0.05, 0) is 48.5 Å². The lowest BCUT2D eigenvalue weighted by molar-refractivity contribution is -0.154. The molecule has 0 amide bonds. The summed E-state index contributed by atoms with van der Waals surface area (Å²) in [6, 6.07) is 0. The molecule has 0 unspecified atom stereocenters. The number of hydrogen-bond acceptors (Lipinski definition) is 5. The Hall–Kier alpha value is -1.34. The first-order valence-electron chi connectivity index (χ1n) is 8.04. The number of rotatable bonds is 5. The maximum absolute atomic E-state index is 12.0. The van der Waals surface area contributed by atoms with Crippen molar-refractivity contribution in [1.82, 2.24) is 9.78 Å². The van der Waals surface area contributed by atoms with Crippen LogP contribution in [0.3, 0.4) is 0 Å². The van der Waals surface area contributed by atoms with E-state index in [1.165, 1.54) is 0 Å². The lowest BCUT2D eigenvalue weighted by Crippen LogP contribution is -2.41. The quantitative estimate of drug-likeness (QED) is 0.611. The predicted octanol–water partition coefficient (Wildman–Crippen LogP) is 1.77. The van der Waals surface area contributed by atoms with Crippen molar-refractivity contribution in [3.8, 4) is 0 Å². The second-order valence-corrected chi connectivity index (χ2v) is 7.66. The van der Waals surface area contributed by atoms with Crippen molar-refractivity contribution in [3.63, 3.8) is 0 Å². The van der Waals surface area contributed by atoms with Gasteiger partial charge in [0.15, 0.2) is 0 Å². The zero-order valence-corrected chi connectivity index (χ0v) is 15.2. The van der Waals surface area contributed by atoms with Gasteiger partial charge in [0, 0.05) is 17.9 Å². The van der Waals surface area contributed by atoms with E-state index in [9.17, 15) is 4.79 Å². The third-order valence-electron chi connectivity index (χ3n) is 4.56. The Morgan fingerprint density at radius 1 is 1.30 bits per heavy atom. The molecule has 1 aliphatic heterocycles. The first-order chi connectivity index (χ1) is 10.5. The smallest absolute Gasteiger partial charge is 0.466 e. The molecule has 0 radical (unpaired) electrons. The van der Waals surface area contributed by atoms with Gasteiger partial charge in [0.1, 0.15) is 0 Å². The second-order valence-electron chi connectivity index (χ2n) is 7.66. The van der Waals surface area contributed by atoms with Gasteiger partial charge < -0.3 is 14.0 Å². The summed E-state index contributed by atoms with van der Waals surface area (Å²) in [7, 11) is -0.445. The van der Waals surface area contributed by atoms with Gasteiger partial charge in [-0.25, -0.2) is 0 Å². The molecule has 0 saturated carbocycles. The van der Waals surface area contributed by atoms with E-state index in [4.69, 9.17) is 14.0 Å². The summed E-state index contributed by atoms with van der Waals surface area (Å²) in [5.74, 6) is -0.229. The maximum Gasteiger partial charge on any atom is 0.498 e. The standard InChI is InChI=1S/C16H27BN2O4/c1-8-21-13(20)14(2,3)11-19-10-12(9-18-19)17-22-15(4,5)16(6,7)23-17/h9-10H,8,11H2,1-7H3. The van der Waals surface area contributed by atoms with Crippen LogP contribution in [0.2, 0.25) is 0 Å². The van der Waals surface area contributed by atoms with Gasteiger partial charge in [0.05, 0.1) is 29.8 Å². The van der Waals surface area contributed by atoms with Crippen molar-refractivity contribution >= 4 is 18.6 Å². The second kappa shape index (κ2) is 5.94. The number of esters is 1. The molecule has 0 aromatic carbocycles. The number of ether oxygens (including phenoxy) is 1. The molecule has 0 bridgehead atoms. The summed E-state index contributed by atoms with van der Waals surface area (Å²) < 4.78 is 18.9. The van der Waals surface area contributed by atoms with Gasteiger partial charge in [-0.2, -0.15) is 5.10 Å². The van der Waals surface area contributed by atoms with Crippen LogP contribution in [0.4, 0.5) is 0 Å². The number of carbonyl (C=O) groups excluding carboxylic acids is 1. The first kappa shape index (κ1) is 18.0. The molecule has 2 rings (SSSR count). The van der Waals surface area contributed by atoms with Crippen molar-refractivity contribution < 1.29 is 18.8 Å².